The van der Waals surface area contributed by atoms with Crippen molar-refractivity contribution in [2.45, 2.75) is 110 Å². The zero-order valence-corrected chi connectivity index (χ0v) is 28.8. The molecule has 0 saturated carbocycles. The van der Waals surface area contributed by atoms with Crippen LogP contribution < -0.4 is 16.2 Å². The lowest BCUT2D eigenvalue weighted by molar-refractivity contribution is 0.0953. The van der Waals surface area contributed by atoms with E-state index in [-0.39, 0.29) is 27.2 Å². The van der Waals surface area contributed by atoms with Crippen molar-refractivity contribution in [2.24, 2.45) is 0 Å². The van der Waals surface area contributed by atoms with E-state index in [1.165, 1.54) is 113 Å². The summed E-state index contributed by atoms with van der Waals surface area (Å²) in [5.41, 5.74) is 0.842. The average molecular weight is 685 g/mol. The number of rotatable bonds is 21. The fourth-order valence-corrected chi connectivity index (χ4v) is 6.41. The highest BCUT2D eigenvalue weighted by atomic mass is 35.5. The highest BCUT2D eigenvalue weighted by Crippen LogP contribution is 2.32. The van der Waals surface area contributed by atoms with E-state index in [4.69, 9.17) is 46.4 Å². The Morgan fingerprint density at radius 1 is 0.705 bits per heavy atom. The Morgan fingerprint density at radius 2 is 1.23 bits per heavy atom. The van der Waals surface area contributed by atoms with Crippen LogP contribution >= 0.6 is 46.4 Å². The number of unbranched alkanes of at least 4 members (excludes halogenated alkanes) is 15. The van der Waals surface area contributed by atoms with E-state index in [0.717, 1.165) is 12.8 Å². The number of carbonyl (C=O) groups is 1. The Balaban J connectivity index is 1.33. The van der Waals surface area contributed by atoms with Crippen LogP contribution in [0.3, 0.4) is 0 Å². The van der Waals surface area contributed by atoms with E-state index in [1.807, 2.05) is 0 Å². The number of carbonyl (C=O) groups excluding carboxylic acids is 1. The van der Waals surface area contributed by atoms with E-state index in [9.17, 15) is 9.59 Å². The molecule has 10 heteroatoms. The minimum Gasteiger partial charge on any atom is -0.352 e. The van der Waals surface area contributed by atoms with Crippen LogP contribution in [-0.4, -0.2) is 22.2 Å². The molecule has 1 aromatic heterocycles. The van der Waals surface area contributed by atoms with Gasteiger partial charge < -0.3 is 10.6 Å². The van der Waals surface area contributed by atoms with Gasteiger partial charge >= 0.3 is 0 Å². The molecule has 0 spiro atoms. The molecule has 1 amide bonds. The third-order valence-electron chi connectivity index (χ3n) is 7.74. The van der Waals surface area contributed by atoms with E-state index in [2.05, 4.69) is 22.7 Å². The quantitative estimate of drug-likeness (QED) is 0.0978. The maximum absolute atomic E-state index is 12.8. The van der Waals surface area contributed by atoms with Crippen molar-refractivity contribution in [3.05, 3.63) is 72.4 Å². The summed E-state index contributed by atoms with van der Waals surface area (Å²) in [6, 6.07) is 9.34. The molecule has 1 heterocycles. The number of hydrogen-bond acceptors (Lipinski definition) is 3. The minimum atomic E-state index is -0.387. The van der Waals surface area contributed by atoms with E-state index >= 15 is 0 Å². The van der Waals surface area contributed by atoms with E-state index < -0.39 is 0 Å². The van der Waals surface area contributed by atoms with Crippen LogP contribution in [0.5, 0.6) is 0 Å². The van der Waals surface area contributed by atoms with Gasteiger partial charge in [0.15, 0.2) is 0 Å². The fraction of sp³-hybridized carbons (Fsp3) is 0.529. The molecule has 0 unspecified atom stereocenters. The number of hydrogen-bond donors (Lipinski definition) is 3. The first-order valence-electron chi connectivity index (χ1n) is 16.1. The van der Waals surface area contributed by atoms with Crippen LogP contribution in [-0.2, 0) is 0 Å². The van der Waals surface area contributed by atoms with Gasteiger partial charge in [-0.2, -0.15) is 0 Å². The fourth-order valence-electron chi connectivity index (χ4n) is 5.26. The first-order valence-corrected chi connectivity index (χ1v) is 17.6. The van der Waals surface area contributed by atoms with Crippen molar-refractivity contribution < 1.29 is 4.79 Å². The van der Waals surface area contributed by atoms with E-state index in [1.54, 1.807) is 18.2 Å². The standard InChI is InChI=1S/C34H46Cl4N4O2/c1-2-3-4-5-6-7-8-9-10-11-12-13-14-15-16-17-20-39-34(44)25-18-19-27(36)30(21-25)40-31-24-32(43)42(41-31)33-28(37)22-26(35)23-29(33)38/h18-19,21-24,40-41H,2-17,20H2,1H3,(H,39,44). The predicted octanol–water partition coefficient (Wildman–Crippen LogP) is 11.5. The number of amides is 1. The maximum Gasteiger partial charge on any atom is 0.273 e. The predicted molar refractivity (Wildman–Crippen MR) is 188 cm³/mol. The summed E-state index contributed by atoms with van der Waals surface area (Å²) in [4.78, 5) is 25.4. The van der Waals surface area contributed by atoms with Crippen molar-refractivity contribution in [1.82, 2.24) is 15.1 Å². The molecule has 6 nitrogen and oxygen atoms in total. The molecular formula is C34H46Cl4N4O2. The highest BCUT2D eigenvalue weighted by Gasteiger charge is 2.15. The number of benzene rings is 2. The van der Waals surface area contributed by atoms with Gasteiger partial charge in [-0.3, -0.25) is 14.7 Å². The van der Waals surface area contributed by atoms with E-state index in [0.29, 0.717) is 33.7 Å². The molecule has 0 radical (unpaired) electrons. The first kappa shape index (κ1) is 36.3. The Morgan fingerprint density at radius 3 is 1.77 bits per heavy atom. The van der Waals surface area contributed by atoms with Gasteiger partial charge in [-0.25, -0.2) is 4.68 Å². The first-order chi connectivity index (χ1) is 21.3. The molecule has 0 aliphatic rings. The topological polar surface area (TPSA) is 78.9 Å². The van der Waals surface area contributed by atoms with Crippen molar-refractivity contribution in [2.75, 3.05) is 11.9 Å². The Labute approximate surface area is 282 Å². The van der Waals surface area contributed by atoms with Crippen LogP contribution in [0.25, 0.3) is 5.69 Å². The average Bonchev–Trinajstić information content (AvgIpc) is 3.34. The monoisotopic (exact) mass is 682 g/mol. The van der Waals surface area contributed by atoms with Crippen LogP contribution in [0.15, 0.2) is 41.2 Å². The minimum absolute atomic E-state index is 0.170. The summed E-state index contributed by atoms with van der Waals surface area (Å²) < 4.78 is 1.21. The maximum atomic E-state index is 12.8. The van der Waals surface area contributed by atoms with Gasteiger partial charge in [0.25, 0.3) is 11.5 Å². The zero-order valence-electron chi connectivity index (χ0n) is 25.8. The second-order valence-corrected chi connectivity index (χ2v) is 13.1. The Hall–Kier alpha value is -2.12. The zero-order chi connectivity index (χ0) is 31.7. The molecule has 242 valence electrons. The van der Waals surface area contributed by atoms with Crippen molar-refractivity contribution in [3.8, 4) is 5.69 Å². The lowest BCUT2D eigenvalue weighted by Gasteiger charge is -2.11. The van der Waals surface area contributed by atoms with Crippen LogP contribution in [0, 0.1) is 0 Å². The Bertz CT molecular complexity index is 1350. The SMILES string of the molecule is CCCCCCCCCCCCCCCCCCNC(=O)c1ccc(Cl)c(Nc2cc(=O)n(-c3c(Cl)cc(Cl)cc3Cl)[nH]2)c1. The molecule has 0 saturated heterocycles. The smallest absolute Gasteiger partial charge is 0.273 e. The van der Waals surface area contributed by atoms with Crippen molar-refractivity contribution in [1.29, 1.82) is 0 Å². The summed E-state index contributed by atoms with van der Waals surface area (Å²) in [6.45, 7) is 2.90. The number of aromatic amines is 1. The molecule has 0 bridgehead atoms. The highest BCUT2D eigenvalue weighted by molar-refractivity contribution is 6.40. The summed E-state index contributed by atoms with van der Waals surface area (Å²) in [6.07, 6.45) is 21.0. The second kappa shape index (κ2) is 20.1. The molecule has 44 heavy (non-hydrogen) atoms. The molecule has 0 aliphatic heterocycles. The van der Waals surface area contributed by atoms with Crippen LogP contribution in [0.4, 0.5) is 11.5 Å². The number of nitrogens with zero attached hydrogens (tertiary/aromatic N) is 1. The summed E-state index contributed by atoms with van der Waals surface area (Å²) in [7, 11) is 0. The lowest BCUT2D eigenvalue weighted by atomic mass is 10.0. The summed E-state index contributed by atoms with van der Waals surface area (Å²) >= 11 is 24.9. The van der Waals surface area contributed by atoms with Crippen molar-refractivity contribution >= 4 is 63.8 Å². The van der Waals surface area contributed by atoms with Gasteiger partial charge in [-0.05, 0) is 36.8 Å². The number of nitrogens with one attached hydrogen (secondary N) is 3. The summed E-state index contributed by atoms with van der Waals surface area (Å²) in [5.74, 6) is 0.182. The largest absolute Gasteiger partial charge is 0.352 e. The number of aromatic nitrogens is 2. The molecular weight excluding hydrogens is 638 g/mol. The molecule has 3 aromatic rings. The number of H-pyrrole nitrogens is 1. The molecule has 0 atom stereocenters. The normalized spacial score (nSPS) is 11.2. The van der Waals surface area contributed by atoms with Gasteiger partial charge in [-0.15, -0.1) is 0 Å². The third-order valence-corrected chi connectivity index (χ3v) is 8.86. The summed E-state index contributed by atoms with van der Waals surface area (Å²) in [5, 5.41) is 10.2. The van der Waals surface area contributed by atoms with Gasteiger partial charge in [0.2, 0.25) is 0 Å². The van der Waals surface area contributed by atoms with Gasteiger partial charge in [0, 0.05) is 23.2 Å². The lowest BCUT2D eigenvalue weighted by Crippen LogP contribution is -2.24. The Kier molecular flexibility index (Phi) is 16.6. The molecule has 2 aromatic carbocycles. The third kappa shape index (κ3) is 12.3. The van der Waals surface area contributed by atoms with Crippen molar-refractivity contribution in [3.63, 3.8) is 0 Å². The number of anilines is 2. The van der Waals surface area contributed by atoms with Gasteiger partial charge in [0.1, 0.15) is 11.5 Å². The molecule has 3 N–H and O–H groups in total. The number of halogens is 4. The van der Waals surface area contributed by atoms with Gasteiger partial charge in [-0.1, -0.05) is 150 Å². The van der Waals surface area contributed by atoms with Crippen LogP contribution in [0.1, 0.15) is 120 Å². The van der Waals surface area contributed by atoms with Crippen LogP contribution in [0.2, 0.25) is 20.1 Å². The van der Waals surface area contributed by atoms with Gasteiger partial charge in [0.05, 0.1) is 20.8 Å². The molecule has 0 aliphatic carbocycles. The molecule has 3 rings (SSSR count). The molecule has 0 fully saturated rings. The second-order valence-electron chi connectivity index (χ2n) is 11.4.